The molecular weight excluding hydrogens is 225 g/mol. The highest BCUT2D eigenvalue weighted by molar-refractivity contribution is 5.82. The zero-order chi connectivity index (χ0) is 12.4. The van der Waals surface area contributed by atoms with E-state index in [9.17, 15) is 14.0 Å². The minimum Gasteiger partial charge on any atom is -0.481 e. The zero-order valence-corrected chi connectivity index (χ0v) is 9.10. The first-order valence-corrected chi connectivity index (χ1v) is 5.31. The lowest BCUT2D eigenvalue weighted by molar-refractivity contribution is -0.152. The number of benzene rings is 1. The average molecular weight is 237 g/mol. The maximum atomic E-state index is 12.9. The summed E-state index contributed by atoms with van der Waals surface area (Å²) in [4.78, 5) is 23.7. The van der Waals surface area contributed by atoms with Crippen LogP contribution in [0.3, 0.4) is 0 Å². The topological polar surface area (TPSA) is 57.6 Å². The fourth-order valence-electron chi connectivity index (χ4n) is 1.77. The number of aliphatic carboxylic acids is 1. The number of carbonyl (C=O) groups excluding carboxylic acids is 1. The van der Waals surface area contributed by atoms with Crippen LogP contribution < -0.4 is 0 Å². The third-order valence-corrected chi connectivity index (χ3v) is 2.83. The third kappa shape index (κ3) is 2.61. The minimum atomic E-state index is -0.875. The molecule has 90 valence electrons. The molecule has 0 radical (unpaired) electrons. The summed E-state index contributed by atoms with van der Waals surface area (Å²) in [5.41, 5.74) is 0.605. The number of amides is 1. The molecule has 0 aromatic heterocycles. The Bertz CT molecular complexity index is 455. The predicted molar refractivity (Wildman–Crippen MR) is 57.8 cm³/mol. The Balaban J connectivity index is 1.89. The molecule has 0 spiro atoms. The molecule has 1 aromatic carbocycles. The molecule has 5 heteroatoms. The molecule has 17 heavy (non-hydrogen) atoms. The Kier molecular flexibility index (Phi) is 3.08. The molecule has 0 saturated carbocycles. The number of halogens is 1. The van der Waals surface area contributed by atoms with Crippen LogP contribution in [0.5, 0.6) is 0 Å². The third-order valence-electron chi connectivity index (χ3n) is 2.83. The summed E-state index contributed by atoms with van der Waals surface area (Å²) in [6.45, 7) is 0.507. The van der Waals surface area contributed by atoms with E-state index in [-0.39, 0.29) is 31.2 Å². The van der Waals surface area contributed by atoms with Crippen molar-refractivity contribution in [3.63, 3.8) is 0 Å². The number of nitrogens with zero attached hydrogens (tertiary/aromatic N) is 1. The second kappa shape index (κ2) is 4.53. The molecule has 0 bridgehead atoms. The fourth-order valence-corrected chi connectivity index (χ4v) is 1.77. The van der Waals surface area contributed by atoms with E-state index in [1.807, 2.05) is 0 Å². The molecule has 1 aliphatic rings. The van der Waals surface area contributed by atoms with E-state index in [1.165, 1.54) is 17.0 Å². The SMILES string of the molecule is O=C(O)C1CN(C(=O)Cc2cccc(F)c2)C1. The van der Waals surface area contributed by atoms with Crippen molar-refractivity contribution in [2.75, 3.05) is 13.1 Å². The summed E-state index contributed by atoms with van der Waals surface area (Å²) in [7, 11) is 0. The Labute approximate surface area is 97.7 Å². The summed E-state index contributed by atoms with van der Waals surface area (Å²) < 4.78 is 12.9. The molecule has 1 aliphatic heterocycles. The molecule has 1 aromatic rings. The second-order valence-electron chi connectivity index (χ2n) is 4.14. The van der Waals surface area contributed by atoms with E-state index in [2.05, 4.69) is 0 Å². The molecule has 1 amide bonds. The van der Waals surface area contributed by atoms with Gasteiger partial charge in [0.2, 0.25) is 5.91 Å². The molecule has 0 atom stereocenters. The van der Waals surface area contributed by atoms with Crippen LogP contribution >= 0.6 is 0 Å². The van der Waals surface area contributed by atoms with Crippen molar-refractivity contribution in [2.24, 2.45) is 5.92 Å². The molecule has 2 rings (SSSR count). The number of hydrogen-bond acceptors (Lipinski definition) is 2. The van der Waals surface area contributed by atoms with Crippen molar-refractivity contribution < 1.29 is 19.1 Å². The minimum absolute atomic E-state index is 0.115. The van der Waals surface area contributed by atoms with Gasteiger partial charge in [-0.1, -0.05) is 12.1 Å². The van der Waals surface area contributed by atoms with E-state index in [0.717, 1.165) is 0 Å². The van der Waals surface area contributed by atoms with Gasteiger partial charge in [0.25, 0.3) is 0 Å². The first-order chi connectivity index (χ1) is 8.06. The van der Waals surface area contributed by atoms with Gasteiger partial charge < -0.3 is 10.0 Å². The molecule has 0 aliphatic carbocycles. The Hall–Kier alpha value is -1.91. The first kappa shape index (κ1) is 11.6. The summed E-state index contributed by atoms with van der Waals surface area (Å²) in [5.74, 6) is -1.86. The van der Waals surface area contributed by atoms with Gasteiger partial charge in [-0.25, -0.2) is 4.39 Å². The predicted octanol–water partition coefficient (Wildman–Crippen LogP) is 0.911. The largest absolute Gasteiger partial charge is 0.481 e. The smallest absolute Gasteiger partial charge is 0.310 e. The van der Waals surface area contributed by atoms with Crippen LogP contribution in [0, 0.1) is 11.7 Å². The Morgan fingerprint density at radius 2 is 2.12 bits per heavy atom. The maximum absolute atomic E-state index is 12.9. The molecule has 1 N–H and O–H groups in total. The van der Waals surface area contributed by atoms with Gasteiger partial charge in [-0.3, -0.25) is 9.59 Å². The van der Waals surface area contributed by atoms with E-state index in [4.69, 9.17) is 5.11 Å². The number of carboxylic acid groups (broad SMARTS) is 1. The van der Waals surface area contributed by atoms with Crippen molar-refractivity contribution >= 4 is 11.9 Å². The number of carbonyl (C=O) groups is 2. The summed E-state index contributed by atoms with van der Waals surface area (Å²) in [6.07, 6.45) is 0.115. The molecule has 0 unspecified atom stereocenters. The standard InChI is InChI=1S/C12H12FNO3/c13-10-3-1-2-8(4-10)5-11(15)14-6-9(7-14)12(16)17/h1-4,9H,5-7H2,(H,16,17). The lowest BCUT2D eigenvalue weighted by Gasteiger charge is -2.36. The van der Waals surface area contributed by atoms with Gasteiger partial charge in [0.05, 0.1) is 12.3 Å². The van der Waals surface area contributed by atoms with Gasteiger partial charge >= 0.3 is 5.97 Å². The van der Waals surface area contributed by atoms with E-state index < -0.39 is 11.9 Å². The lowest BCUT2D eigenvalue weighted by Crippen LogP contribution is -2.53. The Morgan fingerprint density at radius 1 is 1.41 bits per heavy atom. The van der Waals surface area contributed by atoms with Crippen LogP contribution in [-0.2, 0) is 16.0 Å². The van der Waals surface area contributed by atoms with Crippen LogP contribution in [0.25, 0.3) is 0 Å². The van der Waals surface area contributed by atoms with Crippen molar-refractivity contribution in [2.45, 2.75) is 6.42 Å². The highest BCUT2D eigenvalue weighted by atomic mass is 19.1. The van der Waals surface area contributed by atoms with Gasteiger partial charge in [-0.15, -0.1) is 0 Å². The summed E-state index contributed by atoms with van der Waals surface area (Å²) in [5, 5.41) is 8.67. The summed E-state index contributed by atoms with van der Waals surface area (Å²) in [6, 6.07) is 5.86. The van der Waals surface area contributed by atoms with Crippen LogP contribution in [0.2, 0.25) is 0 Å². The Morgan fingerprint density at radius 3 is 2.71 bits per heavy atom. The van der Waals surface area contributed by atoms with Crippen molar-refractivity contribution in [1.29, 1.82) is 0 Å². The van der Waals surface area contributed by atoms with E-state index >= 15 is 0 Å². The highest BCUT2D eigenvalue weighted by Crippen LogP contribution is 2.17. The molecule has 4 nitrogen and oxygen atoms in total. The number of hydrogen-bond donors (Lipinski definition) is 1. The number of carboxylic acids is 1. The maximum Gasteiger partial charge on any atom is 0.310 e. The zero-order valence-electron chi connectivity index (χ0n) is 9.10. The number of likely N-dealkylation sites (tertiary alicyclic amines) is 1. The van der Waals surface area contributed by atoms with Gasteiger partial charge in [0, 0.05) is 13.1 Å². The van der Waals surface area contributed by atoms with Crippen LogP contribution in [0.15, 0.2) is 24.3 Å². The van der Waals surface area contributed by atoms with Crippen LogP contribution in [0.1, 0.15) is 5.56 Å². The van der Waals surface area contributed by atoms with Gasteiger partial charge in [-0.05, 0) is 17.7 Å². The fraction of sp³-hybridized carbons (Fsp3) is 0.333. The molecule has 1 saturated heterocycles. The lowest BCUT2D eigenvalue weighted by atomic mass is 9.99. The van der Waals surface area contributed by atoms with Gasteiger partial charge in [0.15, 0.2) is 0 Å². The van der Waals surface area contributed by atoms with Gasteiger partial charge in [0.1, 0.15) is 5.82 Å². The molecule has 1 fully saturated rings. The monoisotopic (exact) mass is 237 g/mol. The molecule has 1 heterocycles. The highest BCUT2D eigenvalue weighted by Gasteiger charge is 2.35. The normalized spacial score (nSPS) is 15.5. The number of rotatable bonds is 3. The summed E-state index contributed by atoms with van der Waals surface area (Å²) >= 11 is 0. The van der Waals surface area contributed by atoms with Gasteiger partial charge in [-0.2, -0.15) is 0 Å². The van der Waals surface area contributed by atoms with Crippen LogP contribution in [0.4, 0.5) is 4.39 Å². The van der Waals surface area contributed by atoms with Crippen molar-refractivity contribution in [1.82, 2.24) is 4.90 Å². The quantitative estimate of drug-likeness (QED) is 0.850. The average Bonchev–Trinajstić information content (AvgIpc) is 2.13. The first-order valence-electron chi connectivity index (χ1n) is 5.31. The second-order valence-corrected chi connectivity index (χ2v) is 4.14. The van der Waals surface area contributed by atoms with Crippen LogP contribution in [-0.4, -0.2) is 35.0 Å². The molecular formula is C12H12FNO3. The van der Waals surface area contributed by atoms with E-state index in [0.29, 0.717) is 5.56 Å². The van der Waals surface area contributed by atoms with Crippen molar-refractivity contribution in [3.05, 3.63) is 35.6 Å². The van der Waals surface area contributed by atoms with E-state index in [1.54, 1.807) is 12.1 Å². The van der Waals surface area contributed by atoms with Crippen molar-refractivity contribution in [3.8, 4) is 0 Å².